The van der Waals surface area contributed by atoms with Gasteiger partial charge < -0.3 is 16.4 Å². The molecule has 26 heavy (non-hydrogen) atoms. The van der Waals surface area contributed by atoms with E-state index in [1.807, 2.05) is 26.0 Å². The Hall–Kier alpha value is -2.40. The molecule has 3 rings (SSSR count). The van der Waals surface area contributed by atoms with E-state index in [2.05, 4.69) is 28.9 Å². The molecule has 1 amide bonds. The molecule has 1 heterocycles. The fraction of sp³-hybridized carbons (Fsp3) is 0.429. The molecular weight excluding hydrogens is 324 g/mol. The summed E-state index contributed by atoms with van der Waals surface area (Å²) in [4.78, 5) is 12.4. The van der Waals surface area contributed by atoms with Crippen LogP contribution in [0.4, 0.5) is 0 Å². The average molecular weight is 354 g/mol. The van der Waals surface area contributed by atoms with Crippen molar-refractivity contribution in [1.82, 2.24) is 10.6 Å². The summed E-state index contributed by atoms with van der Waals surface area (Å²) in [5.41, 5.74) is 8.60. The Labute approximate surface area is 156 Å². The first-order valence-corrected chi connectivity index (χ1v) is 9.43. The average Bonchev–Trinajstić information content (AvgIpc) is 3.19. The Kier molecular flexibility index (Phi) is 7.60. The largest absolute Gasteiger partial charge is 0.384 e. The molecule has 1 aliphatic carbocycles. The molecule has 2 aliphatic rings. The van der Waals surface area contributed by atoms with E-state index in [1.54, 1.807) is 12.1 Å². The van der Waals surface area contributed by atoms with E-state index in [-0.39, 0.29) is 17.8 Å². The van der Waals surface area contributed by atoms with Crippen molar-refractivity contribution in [2.24, 2.45) is 11.7 Å². The molecule has 0 aromatic heterocycles. The summed E-state index contributed by atoms with van der Waals surface area (Å²) in [6.45, 7) is 5.37. The zero-order valence-electron chi connectivity index (χ0n) is 15.7. The molecule has 0 radical (unpaired) electrons. The topological polar surface area (TPSA) is 91.0 Å². The van der Waals surface area contributed by atoms with Gasteiger partial charge in [0, 0.05) is 18.7 Å². The number of benzene rings is 1. The molecule has 0 bridgehead atoms. The number of amides is 1. The van der Waals surface area contributed by atoms with Gasteiger partial charge in [0.05, 0.1) is 6.04 Å². The molecule has 2 unspecified atom stereocenters. The van der Waals surface area contributed by atoms with E-state index in [1.165, 1.54) is 5.57 Å². The third-order valence-corrected chi connectivity index (χ3v) is 4.75. The number of hydrogen-bond acceptors (Lipinski definition) is 3. The summed E-state index contributed by atoms with van der Waals surface area (Å²) in [7, 11) is 0. The molecule has 140 valence electrons. The summed E-state index contributed by atoms with van der Waals surface area (Å²) < 4.78 is 0. The second-order valence-electron chi connectivity index (χ2n) is 6.43. The summed E-state index contributed by atoms with van der Waals surface area (Å²) in [6, 6.07) is 7.27. The van der Waals surface area contributed by atoms with E-state index < -0.39 is 0 Å². The van der Waals surface area contributed by atoms with Gasteiger partial charge in [-0.3, -0.25) is 10.2 Å². The summed E-state index contributed by atoms with van der Waals surface area (Å²) in [5.74, 6) is 0.583. The van der Waals surface area contributed by atoms with Crippen LogP contribution < -0.4 is 16.4 Å². The molecule has 0 spiro atoms. The first-order valence-electron chi connectivity index (χ1n) is 9.43. The van der Waals surface area contributed by atoms with Crippen LogP contribution in [0.3, 0.4) is 0 Å². The SMILES string of the molecule is CC.N=C(N)c1ccc(CNC(=O)C2CC(C3=CC=CCC3)CN2)cc1. The lowest BCUT2D eigenvalue weighted by Gasteiger charge is -2.15. The maximum Gasteiger partial charge on any atom is 0.237 e. The fourth-order valence-corrected chi connectivity index (χ4v) is 3.29. The predicted molar refractivity (Wildman–Crippen MR) is 107 cm³/mol. The van der Waals surface area contributed by atoms with Gasteiger partial charge in [-0.25, -0.2) is 0 Å². The maximum absolute atomic E-state index is 12.4. The van der Waals surface area contributed by atoms with Gasteiger partial charge in [-0.1, -0.05) is 61.9 Å². The molecule has 1 aliphatic heterocycles. The van der Waals surface area contributed by atoms with Gasteiger partial charge in [-0.15, -0.1) is 0 Å². The van der Waals surface area contributed by atoms with Crippen molar-refractivity contribution in [1.29, 1.82) is 5.41 Å². The zero-order chi connectivity index (χ0) is 18.9. The van der Waals surface area contributed by atoms with Crippen LogP contribution in [-0.2, 0) is 11.3 Å². The van der Waals surface area contributed by atoms with Crippen LogP contribution in [0.2, 0.25) is 0 Å². The minimum absolute atomic E-state index is 0.0543. The Morgan fingerprint density at radius 2 is 2.04 bits per heavy atom. The first kappa shape index (κ1) is 19.9. The maximum atomic E-state index is 12.4. The molecule has 5 N–H and O–H groups in total. The van der Waals surface area contributed by atoms with E-state index in [0.717, 1.165) is 31.4 Å². The Morgan fingerprint density at radius 3 is 2.65 bits per heavy atom. The number of allylic oxidation sites excluding steroid dienone is 3. The van der Waals surface area contributed by atoms with Crippen LogP contribution >= 0.6 is 0 Å². The van der Waals surface area contributed by atoms with Crippen LogP contribution in [0, 0.1) is 11.3 Å². The van der Waals surface area contributed by atoms with Crippen molar-refractivity contribution >= 4 is 11.7 Å². The monoisotopic (exact) mass is 354 g/mol. The number of amidine groups is 1. The number of nitrogen functional groups attached to an aromatic ring is 1. The highest BCUT2D eigenvalue weighted by molar-refractivity contribution is 5.94. The lowest BCUT2D eigenvalue weighted by molar-refractivity contribution is -0.123. The highest BCUT2D eigenvalue weighted by Gasteiger charge is 2.31. The Balaban J connectivity index is 0.00000117. The molecule has 5 nitrogen and oxygen atoms in total. The number of carbonyl (C=O) groups is 1. The second-order valence-corrected chi connectivity index (χ2v) is 6.43. The Bertz CT molecular complexity index is 676. The number of hydrogen-bond donors (Lipinski definition) is 4. The third kappa shape index (κ3) is 5.30. The lowest BCUT2D eigenvalue weighted by atomic mass is 9.90. The minimum Gasteiger partial charge on any atom is -0.384 e. The first-order chi connectivity index (χ1) is 12.6. The molecule has 1 aromatic rings. The molecule has 1 saturated heterocycles. The van der Waals surface area contributed by atoms with E-state index in [4.69, 9.17) is 11.1 Å². The summed E-state index contributed by atoms with van der Waals surface area (Å²) in [5, 5.41) is 13.7. The normalized spacial score (nSPS) is 21.4. The Morgan fingerprint density at radius 1 is 1.31 bits per heavy atom. The van der Waals surface area contributed by atoms with E-state index in [9.17, 15) is 4.79 Å². The van der Waals surface area contributed by atoms with Gasteiger partial charge in [0.15, 0.2) is 0 Å². The van der Waals surface area contributed by atoms with Gasteiger partial charge >= 0.3 is 0 Å². The molecule has 2 atom stereocenters. The smallest absolute Gasteiger partial charge is 0.237 e. The number of nitrogens with two attached hydrogens (primary N) is 1. The standard InChI is InChI=1S/C19H24N4O.C2H6/c20-18(21)15-8-6-13(7-9-15)11-23-19(24)17-10-16(12-22-17)14-4-2-1-3-5-14;1-2/h1-2,4,6-9,16-17,22H,3,5,10-12H2,(H3,20,21)(H,23,24);1-2H3. The highest BCUT2D eigenvalue weighted by atomic mass is 16.2. The molecule has 1 aromatic carbocycles. The van der Waals surface area contributed by atoms with E-state index in [0.29, 0.717) is 18.0 Å². The van der Waals surface area contributed by atoms with E-state index >= 15 is 0 Å². The number of nitrogens with one attached hydrogen (secondary N) is 3. The summed E-state index contributed by atoms with van der Waals surface area (Å²) >= 11 is 0. The van der Waals surface area contributed by atoms with Crippen LogP contribution in [0.25, 0.3) is 0 Å². The zero-order valence-corrected chi connectivity index (χ0v) is 15.7. The minimum atomic E-state index is -0.113. The van der Waals surface area contributed by atoms with Crippen molar-refractivity contribution in [2.75, 3.05) is 6.54 Å². The lowest BCUT2D eigenvalue weighted by Crippen LogP contribution is -2.40. The number of carbonyl (C=O) groups excluding carboxylic acids is 1. The third-order valence-electron chi connectivity index (χ3n) is 4.75. The van der Waals surface area contributed by atoms with Crippen LogP contribution in [0.5, 0.6) is 0 Å². The van der Waals surface area contributed by atoms with Gasteiger partial charge in [-0.2, -0.15) is 0 Å². The quantitative estimate of drug-likeness (QED) is 0.484. The predicted octanol–water partition coefficient (Wildman–Crippen LogP) is 2.87. The van der Waals surface area contributed by atoms with Crippen LogP contribution in [0.1, 0.15) is 44.2 Å². The number of rotatable bonds is 5. The van der Waals surface area contributed by atoms with Crippen molar-refractivity contribution in [3.05, 3.63) is 59.2 Å². The molecule has 0 saturated carbocycles. The summed E-state index contributed by atoms with van der Waals surface area (Å²) in [6.07, 6.45) is 9.60. The molecule has 1 fully saturated rings. The van der Waals surface area contributed by atoms with Crippen LogP contribution in [0.15, 0.2) is 48.1 Å². The van der Waals surface area contributed by atoms with Crippen molar-refractivity contribution in [2.45, 2.75) is 45.7 Å². The molecule has 5 heteroatoms. The van der Waals surface area contributed by atoms with Crippen molar-refractivity contribution < 1.29 is 4.79 Å². The molecular formula is C21H30N4O. The van der Waals surface area contributed by atoms with Gasteiger partial charge in [-0.05, 0) is 30.7 Å². The second kappa shape index (κ2) is 9.92. The van der Waals surface area contributed by atoms with Gasteiger partial charge in [0.1, 0.15) is 5.84 Å². The van der Waals surface area contributed by atoms with Crippen molar-refractivity contribution in [3.8, 4) is 0 Å². The highest BCUT2D eigenvalue weighted by Crippen LogP contribution is 2.27. The van der Waals surface area contributed by atoms with Gasteiger partial charge in [0.2, 0.25) is 5.91 Å². The van der Waals surface area contributed by atoms with Crippen LogP contribution in [-0.4, -0.2) is 24.3 Å². The fourth-order valence-electron chi connectivity index (χ4n) is 3.29. The van der Waals surface area contributed by atoms with Crippen molar-refractivity contribution in [3.63, 3.8) is 0 Å². The van der Waals surface area contributed by atoms with Gasteiger partial charge in [0.25, 0.3) is 0 Å².